The van der Waals surface area contributed by atoms with Crippen LogP contribution in [0.3, 0.4) is 0 Å². The fourth-order valence-electron chi connectivity index (χ4n) is 7.71. The first-order chi connectivity index (χ1) is 25.3. The first kappa shape index (κ1) is 40.4. The monoisotopic (exact) mass is 781 g/mol. The summed E-state index contributed by atoms with van der Waals surface area (Å²) in [5, 5.41) is 0.117. The third-order valence-corrected chi connectivity index (χ3v) is 13.6. The van der Waals surface area contributed by atoms with Gasteiger partial charge in [0.05, 0.1) is 16.1 Å². The van der Waals surface area contributed by atoms with E-state index in [-0.39, 0.29) is 27.5 Å². The van der Waals surface area contributed by atoms with Gasteiger partial charge in [-0.1, -0.05) is 27.7 Å². The number of fused-ring (bicyclic) bond motifs is 1. The Hall–Kier alpha value is -3.27. The van der Waals surface area contributed by atoms with Gasteiger partial charge in [-0.15, -0.1) is 13.2 Å². The van der Waals surface area contributed by atoms with Gasteiger partial charge in [0.2, 0.25) is 9.84 Å². The van der Waals surface area contributed by atoms with Crippen LogP contribution in [-0.2, 0) is 9.84 Å². The number of piperidine rings is 2. The normalized spacial score (nSPS) is 19.8. The summed E-state index contributed by atoms with van der Waals surface area (Å²) in [6.45, 7) is 19.1. The number of ether oxygens (including phenoxy) is 2. The molecule has 3 aromatic rings. The van der Waals surface area contributed by atoms with E-state index in [9.17, 15) is 21.6 Å². The summed E-state index contributed by atoms with van der Waals surface area (Å²) in [6, 6.07) is 5.83. The zero-order chi connectivity index (χ0) is 39.2. The summed E-state index contributed by atoms with van der Waals surface area (Å²) in [5.41, 5.74) is -1.19. The van der Waals surface area contributed by atoms with Crippen molar-refractivity contribution in [2.24, 2.45) is 5.41 Å². The van der Waals surface area contributed by atoms with Crippen LogP contribution in [0.2, 0.25) is 0 Å². The molecule has 298 valence electrons. The van der Waals surface area contributed by atoms with Gasteiger partial charge in [-0.05, 0) is 89.5 Å². The van der Waals surface area contributed by atoms with Crippen LogP contribution in [0.15, 0.2) is 46.3 Å². The molecule has 0 unspecified atom stereocenters. The number of alkyl halides is 3. The summed E-state index contributed by atoms with van der Waals surface area (Å²) in [6.07, 6.45) is -0.137. The molecule has 0 atom stereocenters. The molecule has 0 bridgehead atoms. The number of rotatable bonds is 9. The molecule has 3 aliphatic heterocycles. The Morgan fingerprint density at radius 2 is 1.31 bits per heavy atom. The number of halogens is 5. The highest BCUT2D eigenvalue weighted by Crippen LogP contribution is 2.42. The third-order valence-electron chi connectivity index (χ3n) is 11.9. The van der Waals surface area contributed by atoms with Crippen molar-refractivity contribution in [3.05, 3.63) is 48.2 Å². The molecular formula is C39H52F5N5O4S. The lowest BCUT2D eigenvalue weighted by Crippen LogP contribution is -2.56. The van der Waals surface area contributed by atoms with E-state index in [0.29, 0.717) is 44.1 Å². The molecule has 0 saturated carbocycles. The van der Waals surface area contributed by atoms with Crippen molar-refractivity contribution in [2.75, 3.05) is 63.8 Å². The summed E-state index contributed by atoms with van der Waals surface area (Å²) in [7, 11) is -4.67. The van der Waals surface area contributed by atoms with Gasteiger partial charge in [-0.25, -0.2) is 17.2 Å². The Kier molecular flexibility index (Phi) is 11.5. The largest absolute Gasteiger partial charge is 0.573 e. The highest BCUT2D eigenvalue weighted by molar-refractivity contribution is 7.91. The second-order valence-electron chi connectivity index (χ2n) is 16.2. The quantitative estimate of drug-likeness (QED) is 0.205. The van der Waals surface area contributed by atoms with Crippen molar-refractivity contribution in [1.82, 2.24) is 19.7 Å². The number of hydrogen-bond acceptors (Lipinski definition) is 9. The lowest BCUT2D eigenvalue weighted by Gasteiger charge is -2.46. The van der Waals surface area contributed by atoms with Crippen molar-refractivity contribution in [3.63, 3.8) is 0 Å². The molecule has 4 heterocycles. The predicted molar refractivity (Wildman–Crippen MR) is 198 cm³/mol. The predicted octanol–water partition coefficient (Wildman–Crippen LogP) is 7.52. The molecule has 3 fully saturated rings. The number of sulfone groups is 1. The van der Waals surface area contributed by atoms with Crippen LogP contribution >= 0.6 is 0 Å². The first-order valence-electron chi connectivity index (χ1n) is 18.8. The van der Waals surface area contributed by atoms with E-state index >= 15 is 8.78 Å². The van der Waals surface area contributed by atoms with E-state index in [1.165, 1.54) is 18.9 Å². The van der Waals surface area contributed by atoms with Gasteiger partial charge in [0, 0.05) is 68.4 Å². The zero-order valence-corrected chi connectivity index (χ0v) is 32.8. The summed E-state index contributed by atoms with van der Waals surface area (Å²) in [4.78, 5) is 12.7. The first-order valence-corrected chi connectivity index (χ1v) is 20.3. The number of hydrogen-bond donors (Lipinski definition) is 0. The summed E-state index contributed by atoms with van der Waals surface area (Å²) in [5.74, 6) is -3.64. The van der Waals surface area contributed by atoms with Crippen LogP contribution in [-0.4, -0.2) is 111 Å². The fourth-order valence-corrected chi connectivity index (χ4v) is 9.16. The second-order valence-corrected chi connectivity index (χ2v) is 18.2. The number of anilines is 1. The van der Waals surface area contributed by atoms with E-state index in [2.05, 4.69) is 31.3 Å². The SMILES string of the molecule is CCN1CCC(N2CCN(C3CCN(c4c(S(=O)(=O)c5cc(F)c(OC(C)(C)C(C)(C)C)c(F)c5)cnc5ccc(OC(F)(F)F)cc45)CC3)CC2)CC1. The van der Waals surface area contributed by atoms with E-state index in [1.54, 1.807) is 13.8 Å². The zero-order valence-electron chi connectivity index (χ0n) is 32.0. The van der Waals surface area contributed by atoms with Gasteiger partial charge >= 0.3 is 6.36 Å². The second kappa shape index (κ2) is 15.3. The van der Waals surface area contributed by atoms with E-state index in [4.69, 9.17) is 4.74 Å². The third kappa shape index (κ3) is 8.58. The van der Waals surface area contributed by atoms with Gasteiger partial charge < -0.3 is 19.3 Å². The minimum atomic E-state index is -4.99. The van der Waals surface area contributed by atoms with Gasteiger partial charge in [-0.3, -0.25) is 14.8 Å². The Bertz CT molecular complexity index is 1890. The van der Waals surface area contributed by atoms with Gasteiger partial charge in [0.25, 0.3) is 0 Å². The van der Waals surface area contributed by atoms with Crippen LogP contribution in [0, 0.1) is 17.0 Å². The molecule has 6 rings (SSSR count). The molecule has 3 aliphatic rings. The maximum atomic E-state index is 15.6. The molecule has 9 nitrogen and oxygen atoms in total. The van der Waals surface area contributed by atoms with Crippen LogP contribution in [0.5, 0.6) is 11.5 Å². The molecule has 0 amide bonds. The average molecular weight is 782 g/mol. The standard InChI is InChI=1S/C39H52F5N5O4S/c1-7-46-14-10-26(11-15-46)47-18-20-48(21-19-47)27-12-16-49(17-13-27)35-30-22-28(52-39(42,43)44)8-9-33(30)45-25-34(35)54(50,51)29-23-31(40)36(32(41)24-29)53-38(5,6)37(2,3)4/h8-9,22-27H,7,10-21H2,1-6H3. The maximum absolute atomic E-state index is 15.6. The Balaban J connectivity index is 1.28. The van der Waals surface area contributed by atoms with Gasteiger partial charge in [0.1, 0.15) is 16.2 Å². The van der Waals surface area contributed by atoms with E-state index < -0.39 is 55.2 Å². The molecule has 0 N–H and O–H groups in total. The van der Waals surface area contributed by atoms with Crippen LogP contribution in [0.4, 0.5) is 27.6 Å². The number of benzene rings is 2. The topological polar surface area (TPSA) is 78.5 Å². The fraction of sp³-hybridized carbons (Fsp3) is 0.615. The molecule has 0 radical (unpaired) electrons. The number of pyridine rings is 1. The Morgan fingerprint density at radius 1 is 0.778 bits per heavy atom. The van der Waals surface area contributed by atoms with Crippen molar-refractivity contribution < 1.29 is 39.8 Å². The number of piperazine rings is 1. The molecule has 1 aromatic heterocycles. The van der Waals surface area contributed by atoms with Crippen LogP contribution in [0.1, 0.15) is 67.2 Å². The molecule has 3 saturated heterocycles. The molecule has 0 spiro atoms. The highest BCUT2D eigenvalue weighted by Gasteiger charge is 2.38. The van der Waals surface area contributed by atoms with E-state index in [0.717, 1.165) is 64.1 Å². The van der Waals surface area contributed by atoms with Crippen LogP contribution < -0.4 is 14.4 Å². The van der Waals surface area contributed by atoms with Gasteiger partial charge in [-0.2, -0.15) is 0 Å². The Labute approximate surface area is 315 Å². The highest BCUT2D eigenvalue weighted by atomic mass is 32.2. The average Bonchev–Trinajstić information content (AvgIpc) is 3.11. The number of nitrogens with zero attached hydrogens (tertiary/aromatic N) is 5. The van der Waals surface area contributed by atoms with Crippen LogP contribution in [0.25, 0.3) is 10.9 Å². The van der Waals surface area contributed by atoms with Gasteiger partial charge in [0.15, 0.2) is 17.4 Å². The molecule has 15 heteroatoms. The number of aromatic nitrogens is 1. The minimum absolute atomic E-state index is 0.115. The van der Waals surface area contributed by atoms with Crippen molar-refractivity contribution in [2.45, 2.75) is 101 Å². The summed E-state index contributed by atoms with van der Waals surface area (Å²) >= 11 is 0. The number of likely N-dealkylation sites (tertiary alicyclic amines) is 1. The smallest absolute Gasteiger partial charge is 0.481 e. The molecule has 54 heavy (non-hydrogen) atoms. The molecular weight excluding hydrogens is 730 g/mol. The van der Waals surface area contributed by atoms with Crippen molar-refractivity contribution in [1.29, 1.82) is 0 Å². The Morgan fingerprint density at radius 3 is 1.81 bits per heavy atom. The lowest BCUT2D eigenvalue weighted by atomic mass is 9.79. The maximum Gasteiger partial charge on any atom is 0.573 e. The lowest BCUT2D eigenvalue weighted by molar-refractivity contribution is -0.274. The van der Waals surface area contributed by atoms with E-state index in [1.807, 2.05) is 25.7 Å². The molecule has 2 aromatic carbocycles. The van der Waals surface area contributed by atoms with Crippen molar-refractivity contribution >= 4 is 26.4 Å². The van der Waals surface area contributed by atoms with Crippen molar-refractivity contribution in [3.8, 4) is 11.5 Å². The summed E-state index contributed by atoms with van der Waals surface area (Å²) < 4.78 is 110. The minimum Gasteiger partial charge on any atom is -0.481 e. The molecule has 0 aliphatic carbocycles.